The van der Waals surface area contributed by atoms with E-state index in [1.54, 1.807) is 13.0 Å². The second kappa shape index (κ2) is 6.33. The van der Waals surface area contributed by atoms with Crippen LogP contribution in [0, 0.1) is 0 Å². The van der Waals surface area contributed by atoms with Crippen LogP contribution in [0.1, 0.15) is 18.1 Å². The third kappa shape index (κ3) is 3.98. The highest BCUT2D eigenvalue weighted by atomic mass is 19.4. The molecule has 0 atom stereocenters. The maximum atomic E-state index is 12.6. The number of benzene rings is 1. The Bertz CT molecular complexity index is 411. The molecule has 0 bridgehead atoms. The third-order valence-corrected chi connectivity index (χ3v) is 2.26. The monoisotopic (exact) mass is 260 g/mol. The molecule has 5 heteroatoms. The van der Waals surface area contributed by atoms with Crippen molar-refractivity contribution in [3.05, 3.63) is 41.7 Å². The first-order chi connectivity index (χ1) is 8.49. The smallest absolute Gasteiger partial charge is 0.416 e. The Morgan fingerprint density at radius 1 is 1.28 bits per heavy atom. The Kier molecular flexibility index (Phi) is 5.07. The summed E-state index contributed by atoms with van der Waals surface area (Å²) in [6.45, 7) is 2.19. The molecule has 0 spiro atoms. The van der Waals surface area contributed by atoms with Crippen LogP contribution >= 0.6 is 0 Å². The fraction of sp³-hybridized carbons (Fsp3) is 0.385. The van der Waals surface area contributed by atoms with E-state index in [-0.39, 0.29) is 0 Å². The summed E-state index contributed by atoms with van der Waals surface area (Å²) in [5.74, 6) is 0.464. The van der Waals surface area contributed by atoms with E-state index in [0.29, 0.717) is 24.3 Å². The minimum atomic E-state index is -4.34. The maximum Gasteiger partial charge on any atom is 0.416 e. The second-order valence-corrected chi connectivity index (χ2v) is 3.56. The van der Waals surface area contributed by atoms with Gasteiger partial charge in [0.25, 0.3) is 0 Å². The molecule has 0 heterocycles. The van der Waals surface area contributed by atoms with E-state index in [9.17, 15) is 13.2 Å². The number of ether oxygens (including phenoxy) is 2. The van der Waals surface area contributed by atoms with Crippen LogP contribution in [-0.4, -0.2) is 13.7 Å². The van der Waals surface area contributed by atoms with Crippen molar-refractivity contribution in [1.29, 1.82) is 0 Å². The van der Waals surface area contributed by atoms with Crippen molar-refractivity contribution in [2.45, 2.75) is 19.5 Å². The van der Waals surface area contributed by atoms with Crippen LogP contribution in [0.2, 0.25) is 0 Å². The Balaban J connectivity index is 3.03. The van der Waals surface area contributed by atoms with Gasteiger partial charge in [-0.25, -0.2) is 0 Å². The summed E-state index contributed by atoms with van der Waals surface area (Å²) in [4.78, 5) is 0. The fourth-order valence-corrected chi connectivity index (χ4v) is 1.48. The van der Waals surface area contributed by atoms with Crippen molar-refractivity contribution < 1.29 is 22.6 Å². The zero-order valence-electron chi connectivity index (χ0n) is 10.3. The van der Waals surface area contributed by atoms with E-state index >= 15 is 0 Å². The van der Waals surface area contributed by atoms with Crippen molar-refractivity contribution in [3.8, 4) is 5.75 Å². The van der Waals surface area contributed by atoms with Gasteiger partial charge in [0.1, 0.15) is 5.75 Å². The molecule has 1 aromatic carbocycles. The Labute approximate surface area is 104 Å². The molecule has 100 valence electrons. The number of hydrogen-bond acceptors (Lipinski definition) is 2. The largest absolute Gasteiger partial charge is 0.505 e. The van der Waals surface area contributed by atoms with Gasteiger partial charge in [0, 0.05) is 0 Å². The van der Waals surface area contributed by atoms with Gasteiger partial charge in [-0.1, -0.05) is 0 Å². The molecule has 0 unspecified atom stereocenters. The molecule has 0 fully saturated rings. The number of halogens is 3. The van der Waals surface area contributed by atoms with Gasteiger partial charge in [0.05, 0.1) is 25.5 Å². The SMILES string of the molecule is CCOc1ccc(C(F)(F)F)cc1C/C=C/OC. The molecule has 2 nitrogen and oxygen atoms in total. The zero-order valence-corrected chi connectivity index (χ0v) is 10.3. The highest BCUT2D eigenvalue weighted by Gasteiger charge is 2.30. The summed E-state index contributed by atoms with van der Waals surface area (Å²) >= 11 is 0. The zero-order chi connectivity index (χ0) is 13.6. The summed E-state index contributed by atoms with van der Waals surface area (Å²) in [6, 6.07) is 3.47. The van der Waals surface area contributed by atoms with Crippen LogP contribution in [0.4, 0.5) is 13.2 Å². The molecule has 0 saturated heterocycles. The second-order valence-electron chi connectivity index (χ2n) is 3.56. The van der Waals surface area contributed by atoms with E-state index in [1.807, 2.05) is 0 Å². The van der Waals surface area contributed by atoms with Crippen LogP contribution < -0.4 is 4.74 Å². The standard InChI is InChI=1S/C13H15F3O2/c1-3-18-12-7-6-11(13(14,15)16)9-10(12)5-4-8-17-2/h4,6-9H,3,5H2,1-2H3/b8-4+. The van der Waals surface area contributed by atoms with E-state index in [0.717, 1.165) is 12.1 Å². The van der Waals surface area contributed by atoms with Crippen molar-refractivity contribution in [2.75, 3.05) is 13.7 Å². The molecular formula is C13H15F3O2. The molecule has 0 radical (unpaired) electrons. The highest BCUT2D eigenvalue weighted by Crippen LogP contribution is 2.32. The minimum Gasteiger partial charge on any atom is -0.505 e. The van der Waals surface area contributed by atoms with Gasteiger partial charge in [-0.15, -0.1) is 0 Å². The topological polar surface area (TPSA) is 18.5 Å². The minimum absolute atomic E-state index is 0.326. The highest BCUT2D eigenvalue weighted by molar-refractivity contribution is 5.39. The molecule has 1 rings (SSSR count). The lowest BCUT2D eigenvalue weighted by Gasteiger charge is -2.12. The van der Waals surface area contributed by atoms with Gasteiger partial charge in [-0.3, -0.25) is 0 Å². The first-order valence-electron chi connectivity index (χ1n) is 5.49. The van der Waals surface area contributed by atoms with E-state index in [4.69, 9.17) is 9.47 Å². The average Bonchev–Trinajstić information content (AvgIpc) is 2.30. The maximum absolute atomic E-state index is 12.6. The average molecular weight is 260 g/mol. The normalized spacial score (nSPS) is 11.8. The van der Waals surface area contributed by atoms with Gasteiger partial charge in [-0.2, -0.15) is 13.2 Å². The predicted molar refractivity (Wildman–Crippen MR) is 62.5 cm³/mol. The number of hydrogen-bond donors (Lipinski definition) is 0. The Morgan fingerprint density at radius 2 is 2.00 bits per heavy atom. The van der Waals surface area contributed by atoms with Gasteiger partial charge in [0.2, 0.25) is 0 Å². The molecule has 0 aliphatic carbocycles. The summed E-state index contributed by atoms with van der Waals surface area (Å²) < 4.78 is 47.8. The van der Waals surface area contributed by atoms with Crippen LogP contribution in [0.3, 0.4) is 0 Å². The number of methoxy groups -OCH3 is 1. The first kappa shape index (κ1) is 14.4. The molecule has 0 N–H and O–H groups in total. The van der Waals surface area contributed by atoms with Crippen molar-refractivity contribution in [3.63, 3.8) is 0 Å². The van der Waals surface area contributed by atoms with Crippen LogP contribution in [0.5, 0.6) is 5.75 Å². The van der Waals surface area contributed by atoms with Crippen LogP contribution in [0.25, 0.3) is 0 Å². The van der Waals surface area contributed by atoms with Gasteiger partial charge >= 0.3 is 6.18 Å². The summed E-state index contributed by atoms with van der Waals surface area (Å²) in [5, 5.41) is 0. The molecule has 18 heavy (non-hydrogen) atoms. The number of rotatable bonds is 5. The molecule has 0 amide bonds. The molecular weight excluding hydrogens is 245 g/mol. The Morgan fingerprint density at radius 3 is 2.56 bits per heavy atom. The lowest BCUT2D eigenvalue weighted by Crippen LogP contribution is -2.06. The predicted octanol–water partition coefficient (Wildman–Crippen LogP) is 3.81. The van der Waals surface area contributed by atoms with E-state index < -0.39 is 11.7 Å². The van der Waals surface area contributed by atoms with Crippen molar-refractivity contribution in [1.82, 2.24) is 0 Å². The fourth-order valence-electron chi connectivity index (χ4n) is 1.48. The molecule has 0 saturated carbocycles. The van der Waals surface area contributed by atoms with Crippen LogP contribution in [-0.2, 0) is 17.3 Å². The molecule has 0 aromatic heterocycles. The quantitative estimate of drug-likeness (QED) is 0.749. The molecule has 0 aliphatic rings. The summed E-state index contributed by atoms with van der Waals surface area (Å²) in [6.07, 6.45) is -0.953. The molecule has 1 aromatic rings. The van der Waals surface area contributed by atoms with Gasteiger partial charge in [-0.05, 0) is 43.2 Å². The van der Waals surface area contributed by atoms with E-state index in [1.165, 1.54) is 19.4 Å². The summed E-state index contributed by atoms with van der Waals surface area (Å²) in [7, 11) is 1.48. The lowest BCUT2D eigenvalue weighted by atomic mass is 10.1. The van der Waals surface area contributed by atoms with E-state index in [2.05, 4.69) is 0 Å². The Hall–Kier alpha value is -1.65. The molecule has 0 aliphatic heterocycles. The van der Waals surface area contributed by atoms with Gasteiger partial charge < -0.3 is 9.47 Å². The van der Waals surface area contributed by atoms with Crippen molar-refractivity contribution >= 4 is 0 Å². The number of alkyl halides is 3. The third-order valence-electron chi connectivity index (χ3n) is 2.26. The summed E-state index contributed by atoms with van der Waals surface area (Å²) in [5.41, 5.74) is -0.188. The van der Waals surface area contributed by atoms with Crippen molar-refractivity contribution in [2.24, 2.45) is 0 Å². The first-order valence-corrected chi connectivity index (χ1v) is 5.49. The lowest BCUT2D eigenvalue weighted by molar-refractivity contribution is -0.137. The van der Waals surface area contributed by atoms with Gasteiger partial charge in [0.15, 0.2) is 0 Å². The number of allylic oxidation sites excluding steroid dienone is 1. The van der Waals surface area contributed by atoms with Crippen LogP contribution in [0.15, 0.2) is 30.5 Å².